The van der Waals surface area contributed by atoms with Crippen molar-refractivity contribution in [2.45, 2.75) is 12.3 Å². The topological polar surface area (TPSA) is 58.9 Å². The second-order valence-corrected chi connectivity index (χ2v) is 5.24. The molecule has 22 heavy (non-hydrogen) atoms. The second-order valence-electron chi connectivity index (χ2n) is 4.95. The molecule has 5 heteroatoms. The molecule has 3 radical (unpaired) electrons. The highest BCUT2D eigenvalue weighted by molar-refractivity contribution is 5.97. The highest BCUT2D eigenvalue weighted by Crippen LogP contribution is 2.35. The first-order chi connectivity index (χ1) is 10.7. The summed E-state index contributed by atoms with van der Waals surface area (Å²) < 4.78 is 10.5. The lowest BCUT2D eigenvalue weighted by molar-refractivity contribution is 0.114. The SMILES string of the molecule is Oc1ccccc1C(COCCCO[Si])c1ccccc1O. The van der Waals surface area contributed by atoms with E-state index in [2.05, 4.69) is 10.5 Å². The molecule has 0 saturated heterocycles. The number of benzene rings is 2. The third-order valence-electron chi connectivity index (χ3n) is 3.44. The molecule has 0 aliphatic heterocycles. The minimum atomic E-state index is -0.230. The van der Waals surface area contributed by atoms with Crippen LogP contribution in [-0.4, -0.2) is 40.5 Å². The van der Waals surface area contributed by atoms with Crippen molar-refractivity contribution in [3.63, 3.8) is 0 Å². The van der Waals surface area contributed by atoms with Crippen LogP contribution in [0.4, 0.5) is 0 Å². The predicted octanol–water partition coefficient (Wildman–Crippen LogP) is 2.74. The number of phenols is 2. The van der Waals surface area contributed by atoms with Crippen LogP contribution in [0.2, 0.25) is 0 Å². The van der Waals surface area contributed by atoms with Crippen molar-refractivity contribution >= 4 is 10.5 Å². The van der Waals surface area contributed by atoms with Crippen LogP contribution < -0.4 is 0 Å². The zero-order valence-electron chi connectivity index (χ0n) is 12.2. The van der Waals surface area contributed by atoms with Gasteiger partial charge in [-0.1, -0.05) is 36.4 Å². The van der Waals surface area contributed by atoms with Gasteiger partial charge in [0.15, 0.2) is 0 Å². The van der Waals surface area contributed by atoms with Crippen molar-refractivity contribution in [3.05, 3.63) is 59.7 Å². The Kier molecular flexibility index (Phi) is 6.45. The average molecular weight is 315 g/mol. The van der Waals surface area contributed by atoms with E-state index in [-0.39, 0.29) is 17.4 Å². The predicted molar refractivity (Wildman–Crippen MR) is 85.2 cm³/mol. The van der Waals surface area contributed by atoms with Gasteiger partial charge in [0.1, 0.15) is 11.5 Å². The summed E-state index contributed by atoms with van der Waals surface area (Å²) in [5, 5.41) is 20.2. The van der Waals surface area contributed by atoms with Crippen molar-refractivity contribution in [2.75, 3.05) is 19.8 Å². The molecule has 0 saturated carbocycles. The number of rotatable bonds is 8. The summed E-state index contributed by atoms with van der Waals surface area (Å²) >= 11 is 0. The van der Waals surface area contributed by atoms with Crippen LogP contribution in [0.25, 0.3) is 0 Å². The lowest BCUT2D eigenvalue weighted by atomic mass is 9.90. The first-order valence-corrected chi connectivity index (χ1v) is 7.57. The molecule has 0 heterocycles. The van der Waals surface area contributed by atoms with Crippen LogP contribution >= 0.6 is 0 Å². The van der Waals surface area contributed by atoms with Crippen LogP contribution in [0.1, 0.15) is 23.5 Å². The molecule has 0 bridgehead atoms. The highest BCUT2D eigenvalue weighted by atomic mass is 28.2. The first kappa shape index (κ1) is 16.5. The van der Waals surface area contributed by atoms with Gasteiger partial charge in [-0.3, -0.25) is 0 Å². The van der Waals surface area contributed by atoms with E-state index in [0.29, 0.717) is 19.8 Å². The van der Waals surface area contributed by atoms with E-state index in [1.165, 1.54) is 0 Å². The summed E-state index contributed by atoms with van der Waals surface area (Å²) in [6.07, 6.45) is 0.762. The molecule has 2 aromatic rings. The maximum atomic E-state index is 10.1. The van der Waals surface area contributed by atoms with E-state index in [1.807, 2.05) is 24.3 Å². The zero-order chi connectivity index (χ0) is 15.8. The van der Waals surface area contributed by atoms with Gasteiger partial charge in [-0.15, -0.1) is 0 Å². The number of para-hydroxylation sites is 2. The Morgan fingerprint density at radius 3 is 1.91 bits per heavy atom. The maximum absolute atomic E-state index is 10.1. The summed E-state index contributed by atoms with van der Waals surface area (Å²) in [6, 6.07) is 14.2. The van der Waals surface area contributed by atoms with Gasteiger partial charge in [0.2, 0.25) is 10.5 Å². The molecular weight excluding hydrogens is 296 g/mol. The van der Waals surface area contributed by atoms with Crippen molar-refractivity contribution < 1.29 is 19.4 Å². The molecule has 2 aromatic carbocycles. The first-order valence-electron chi connectivity index (χ1n) is 7.16. The summed E-state index contributed by atoms with van der Waals surface area (Å²) in [7, 11) is 2.95. The molecule has 2 rings (SSSR count). The second kappa shape index (κ2) is 8.58. The van der Waals surface area contributed by atoms with Gasteiger partial charge >= 0.3 is 0 Å². The van der Waals surface area contributed by atoms with Crippen LogP contribution in [0.5, 0.6) is 11.5 Å². The van der Waals surface area contributed by atoms with Crippen molar-refractivity contribution in [2.24, 2.45) is 0 Å². The molecule has 4 nitrogen and oxygen atoms in total. The molecule has 0 aliphatic carbocycles. The molecular formula is C17H19O4Si. The van der Waals surface area contributed by atoms with E-state index in [4.69, 9.17) is 9.16 Å². The molecule has 2 N–H and O–H groups in total. The van der Waals surface area contributed by atoms with E-state index in [0.717, 1.165) is 17.5 Å². The number of hydrogen-bond donors (Lipinski definition) is 2. The molecule has 115 valence electrons. The third-order valence-corrected chi connectivity index (χ3v) is 3.65. The molecule has 0 unspecified atom stereocenters. The van der Waals surface area contributed by atoms with Gasteiger partial charge < -0.3 is 19.4 Å². The number of hydrogen-bond acceptors (Lipinski definition) is 4. The van der Waals surface area contributed by atoms with Crippen molar-refractivity contribution in [1.82, 2.24) is 0 Å². The van der Waals surface area contributed by atoms with Crippen LogP contribution in [0.15, 0.2) is 48.5 Å². The Hall–Kier alpha value is -1.82. The number of aromatic hydroxyl groups is 2. The van der Waals surface area contributed by atoms with Crippen molar-refractivity contribution in [3.8, 4) is 11.5 Å². The number of ether oxygens (including phenoxy) is 1. The van der Waals surface area contributed by atoms with E-state index in [9.17, 15) is 10.2 Å². The molecule has 0 spiro atoms. The van der Waals surface area contributed by atoms with Crippen molar-refractivity contribution in [1.29, 1.82) is 0 Å². The average Bonchev–Trinajstić information content (AvgIpc) is 2.53. The Labute approximate surface area is 133 Å². The zero-order valence-corrected chi connectivity index (χ0v) is 13.2. The maximum Gasteiger partial charge on any atom is 0.246 e. The quantitative estimate of drug-likeness (QED) is 0.581. The Morgan fingerprint density at radius 1 is 0.864 bits per heavy atom. The van der Waals surface area contributed by atoms with Gasteiger partial charge in [0.05, 0.1) is 6.61 Å². The fourth-order valence-corrected chi connectivity index (χ4v) is 2.49. The normalized spacial score (nSPS) is 11.0. The minimum absolute atomic E-state index is 0.197. The molecule has 0 atom stereocenters. The Balaban J connectivity index is 2.18. The summed E-state index contributed by atoms with van der Waals surface area (Å²) in [5.74, 6) is 0.164. The molecule has 0 amide bonds. The summed E-state index contributed by atoms with van der Waals surface area (Å²) in [5.41, 5.74) is 1.47. The minimum Gasteiger partial charge on any atom is -0.508 e. The van der Waals surface area contributed by atoms with E-state index in [1.54, 1.807) is 24.3 Å². The van der Waals surface area contributed by atoms with Gasteiger partial charge in [-0.2, -0.15) is 0 Å². The van der Waals surface area contributed by atoms with Gasteiger partial charge in [0, 0.05) is 30.3 Å². The molecule has 0 aliphatic rings. The fourth-order valence-electron chi connectivity index (χ4n) is 2.35. The van der Waals surface area contributed by atoms with Crippen LogP contribution in [-0.2, 0) is 9.16 Å². The van der Waals surface area contributed by atoms with Crippen LogP contribution in [0, 0.1) is 0 Å². The monoisotopic (exact) mass is 315 g/mol. The molecule has 0 fully saturated rings. The van der Waals surface area contributed by atoms with Crippen LogP contribution in [0.3, 0.4) is 0 Å². The van der Waals surface area contributed by atoms with Gasteiger partial charge in [-0.25, -0.2) is 0 Å². The lowest BCUT2D eigenvalue weighted by Crippen LogP contribution is -2.11. The standard InChI is InChI=1S/C17H19O4Si/c18-16-8-3-1-6-13(16)15(12-20-10-5-11-21-22)14-7-2-4-9-17(14)19/h1-4,6-9,15,18-19H,5,10-12H2. The molecule has 0 aromatic heterocycles. The number of phenolic OH excluding ortho intramolecular Hbond substituents is 2. The van der Waals surface area contributed by atoms with Gasteiger partial charge in [-0.05, 0) is 18.6 Å². The van der Waals surface area contributed by atoms with E-state index < -0.39 is 0 Å². The Morgan fingerprint density at radius 2 is 1.41 bits per heavy atom. The smallest absolute Gasteiger partial charge is 0.246 e. The summed E-state index contributed by atoms with van der Waals surface area (Å²) in [4.78, 5) is 0. The lowest BCUT2D eigenvalue weighted by Gasteiger charge is -2.20. The Bertz CT molecular complexity index is 543. The van der Waals surface area contributed by atoms with Gasteiger partial charge in [0.25, 0.3) is 0 Å². The largest absolute Gasteiger partial charge is 0.508 e. The fraction of sp³-hybridized carbons (Fsp3) is 0.294. The third kappa shape index (κ3) is 4.33. The summed E-state index contributed by atoms with van der Waals surface area (Å²) in [6.45, 7) is 1.48. The highest BCUT2D eigenvalue weighted by Gasteiger charge is 2.20. The van der Waals surface area contributed by atoms with E-state index >= 15 is 0 Å².